The summed E-state index contributed by atoms with van der Waals surface area (Å²) in [6.07, 6.45) is 7.04. The largest absolute Gasteiger partial charge is 0.444 e. The highest BCUT2D eigenvalue weighted by molar-refractivity contribution is 7.89. The average molecular weight is 520 g/mol. The summed E-state index contributed by atoms with van der Waals surface area (Å²) in [6.45, 7) is 8.27. The second-order valence-corrected chi connectivity index (χ2v) is 13.0. The van der Waals surface area contributed by atoms with Crippen LogP contribution in [0.4, 0.5) is 4.79 Å². The van der Waals surface area contributed by atoms with Crippen LogP contribution in [-0.2, 0) is 14.8 Å². The van der Waals surface area contributed by atoms with Gasteiger partial charge < -0.3 is 9.64 Å². The van der Waals surface area contributed by atoms with E-state index in [0.717, 1.165) is 51.6 Å². The number of halogens is 2. The molecule has 0 spiro atoms. The summed E-state index contributed by atoms with van der Waals surface area (Å²) in [5.41, 5.74) is -0.454. The molecule has 33 heavy (non-hydrogen) atoms. The third-order valence-electron chi connectivity index (χ3n) is 6.58. The van der Waals surface area contributed by atoms with Crippen molar-refractivity contribution in [2.75, 3.05) is 26.2 Å². The zero-order valence-corrected chi connectivity index (χ0v) is 22.2. The maximum atomic E-state index is 13.0. The van der Waals surface area contributed by atoms with E-state index in [4.69, 9.17) is 27.9 Å². The minimum Gasteiger partial charge on any atom is -0.444 e. The van der Waals surface area contributed by atoms with Gasteiger partial charge in [0.1, 0.15) is 10.5 Å². The zero-order valence-electron chi connectivity index (χ0n) is 19.9. The lowest BCUT2D eigenvalue weighted by Gasteiger charge is -2.34. The molecule has 2 aliphatic heterocycles. The second kappa shape index (κ2) is 11.1. The average Bonchev–Trinajstić information content (AvgIpc) is 2.73. The molecule has 6 nitrogen and oxygen atoms in total. The van der Waals surface area contributed by atoms with Gasteiger partial charge in [0.2, 0.25) is 10.0 Å². The van der Waals surface area contributed by atoms with Crippen molar-refractivity contribution >= 4 is 39.3 Å². The van der Waals surface area contributed by atoms with Crippen LogP contribution in [0, 0.1) is 11.8 Å². The molecule has 186 valence electrons. The normalized spacial score (nSPS) is 19.6. The van der Waals surface area contributed by atoms with Crippen LogP contribution in [0.2, 0.25) is 10.0 Å². The number of sulfonamides is 1. The van der Waals surface area contributed by atoms with Crippen molar-refractivity contribution in [1.29, 1.82) is 0 Å². The Bertz CT molecular complexity index is 917. The molecule has 0 bridgehead atoms. The van der Waals surface area contributed by atoms with Crippen molar-refractivity contribution in [3.8, 4) is 0 Å². The van der Waals surface area contributed by atoms with Crippen LogP contribution in [0.5, 0.6) is 0 Å². The molecular weight excluding hydrogens is 483 g/mol. The summed E-state index contributed by atoms with van der Waals surface area (Å²) >= 11 is 12.0. The summed E-state index contributed by atoms with van der Waals surface area (Å²) in [5, 5.41) is 0.593. The smallest absolute Gasteiger partial charge is 0.410 e. The number of carbonyl (C=O) groups excluding carboxylic acids is 1. The van der Waals surface area contributed by atoms with E-state index in [1.165, 1.54) is 18.6 Å². The van der Waals surface area contributed by atoms with Crippen LogP contribution in [0.15, 0.2) is 23.1 Å². The fourth-order valence-electron chi connectivity index (χ4n) is 4.69. The highest BCUT2D eigenvalue weighted by atomic mass is 35.5. The molecule has 1 aromatic carbocycles. The molecule has 0 unspecified atom stereocenters. The Kier molecular flexibility index (Phi) is 8.98. The maximum absolute atomic E-state index is 13.0. The van der Waals surface area contributed by atoms with E-state index in [2.05, 4.69) is 0 Å². The molecule has 0 saturated carbocycles. The van der Waals surface area contributed by atoms with Gasteiger partial charge in [-0.05, 0) is 76.5 Å². The maximum Gasteiger partial charge on any atom is 0.410 e. The summed E-state index contributed by atoms with van der Waals surface area (Å²) < 4.78 is 32.9. The first-order valence-electron chi connectivity index (χ1n) is 11.9. The monoisotopic (exact) mass is 518 g/mol. The van der Waals surface area contributed by atoms with Crippen LogP contribution in [0.1, 0.15) is 65.7 Å². The van der Waals surface area contributed by atoms with Crippen LogP contribution in [0.3, 0.4) is 0 Å². The molecule has 2 fully saturated rings. The fourth-order valence-corrected chi connectivity index (χ4v) is 6.90. The van der Waals surface area contributed by atoms with Gasteiger partial charge in [-0.25, -0.2) is 13.2 Å². The molecule has 9 heteroatoms. The Balaban J connectivity index is 1.37. The third-order valence-corrected chi connectivity index (χ3v) is 9.19. The minimum absolute atomic E-state index is 0.129. The Morgan fingerprint density at radius 1 is 1.00 bits per heavy atom. The number of hydrogen-bond acceptors (Lipinski definition) is 4. The van der Waals surface area contributed by atoms with E-state index >= 15 is 0 Å². The highest BCUT2D eigenvalue weighted by Gasteiger charge is 2.31. The number of carbonyl (C=O) groups is 1. The lowest BCUT2D eigenvalue weighted by molar-refractivity contribution is 0.0180. The van der Waals surface area contributed by atoms with Gasteiger partial charge in [-0.15, -0.1) is 0 Å². The Morgan fingerprint density at radius 3 is 2.06 bits per heavy atom. The Labute approximate surface area is 208 Å². The molecule has 2 saturated heterocycles. The number of hydrogen-bond donors (Lipinski definition) is 0. The van der Waals surface area contributed by atoms with Crippen LogP contribution < -0.4 is 0 Å². The van der Waals surface area contributed by atoms with E-state index in [9.17, 15) is 13.2 Å². The van der Waals surface area contributed by atoms with E-state index in [-0.39, 0.29) is 16.0 Å². The first-order valence-corrected chi connectivity index (χ1v) is 14.1. The van der Waals surface area contributed by atoms with Gasteiger partial charge in [-0.1, -0.05) is 42.5 Å². The Morgan fingerprint density at radius 2 is 1.55 bits per heavy atom. The van der Waals surface area contributed by atoms with E-state index in [1.807, 2.05) is 25.7 Å². The standard InChI is InChI=1S/C24H36Cl2N2O4S/c1-24(2,3)32-23(29)27-13-9-18(10-14-27)5-4-6-19-11-15-28(16-12-19)33(30,31)22-8-7-20(25)17-21(22)26/h7-8,17-19H,4-6,9-16H2,1-3H3. The summed E-state index contributed by atoms with van der Waals surface area (Å²) in [4.78, 5) is 14.2. The fraction of sp³-hybridized carbons (Fsp3) is 0.708. The van der Waals surface area contributed by atoms with Gasteiger partial charge in [0, 0.05) is 31.2 Å². The van der Waals surface area contributed by atoms with E-state index in [1.54, 1.807) is 10.4 Å². The van der Waals surface area contributed by atoms with Gasteiger partial charge in [-0.3, -0.25) is 0 Å². The van der Waals surface area contributed by atoms with Gasteiger partial charge in [0.15, 0.2) is 0 Å². The molecule has 2 aliphatic rings. The number of rotatable bonds is 6. The summed E-state index contributed by atoms with van der Waals surface area (Å²) in [5.74, 6) is 1.20. The van der Waals surface area contributed by atoms with Crippen molar-refractivity contribution in [2.24, 2.45) is 11.8 Å². The molecule has 1 aromatic rings. The van der Waals surface area contributed by atoms with Crippen LogP contribution in [0.25, 0.3) is 0 Å². The van der Waals surface area contributed by atoms with Crippen molar-refractivity contribution in [2.45, 2.75) is 76.2 Å². The molecule has 0 N–H and O–H groups in total. The number of amides is 1. The lowest BCUT2D eigenvalue weighted by Crippen LogP contribution is -2.41. The molecule has 2 heterocycles. The number of likely N-dealkylation sites (tertiary alicyclic amines) is 1. The van der Waals surface area contributed by atoms with E-state index in [0.29, 0.717) is 29.9 Å². The molecular formula is C24H36Cl2N2O4S. The second-order valence-electron chi connectivity index (χ2n) is 10.3. The lowest BCUT2D eigenvalue weighted by atomic mass is 9.87. The first-order chi connectivity index (χ1) is 15.5. The topological polar surface area (TPSA) is 66.9 Å². The van der Waals surface area contributed by atoms with Gasteiger partial charge >= 0.3 is 6.09 Å². The van der Waals surface area contributed by atoms with E-state index < -0.39 is 15.6 Å². The molecule has 0 aliphatic carbocycles. The van der Waals surface area contributed by atoms with Crippen molar-refractivity contribution < 1.29 is 17.9 Å². The zero-order chi connectivity index (χ0) is 24.2. The summed E-state index contributed by atoms with van der Waals surface area (Å²) in [6, 6.07) is 4.52. The van der Waals surface area contributed by atoms with Gasteiger partial charge in [0.05, 0.1) is 5.02 Å². The van der Waals surface area contributed by atoms with Gasteiger partial charge in [0.25, 0.3) is 0 Å². The van der Waals surface area contributed by atoms with Crippen molar-refractivity contribution in [1.82, 2.24) is 9.21 Å². The van der Waals surface area contributed by atoms with Gasteiger partial charge in [-0.2, -0.15) is 4.31 Å². The predicted molar refractivity (Wildman–Crippen MR) is 132 cm³/mol. The number of ether oxygens (including phenoxy) is 1. The molecule has 0 atom stereocenters. The predicted octanol–water partition coefficient (Wildman–Crippen LogP) is 6.21. The number of benzene rings is 1. The number of piperidine rings is 2. The molecule has 1 amide bonds. The van der Waals surface area contributed by atoms with Crippen molar-refractivity contribution in [3.05, 3.63) is 28.2 Å². The highest BCUT2D eigenvalue weighted by Crippen LogP contribution is 2.32. The van der Waals surface area contributed by atoms with Crippen LogP contribution in [-0.4, -0.2) is 55.5 Å². The Hall–Kier alpha value is -1.02. The molecule has 0 radical (unpaired) electrons. The molecule has 3 rings (SSSR count). The SMILES string of the molecule is CC(C)(C)OC(=O)N1CCC(CCCC2CCN(S(=O)(=O)c3ccc(Cl)cc3Cl)CC2)CC1. The minimum atomic E-state index is -3.59. The summed E-state index contributed by atoms with van der Waals surface area (Å²) in [7, 11) is -3.59. The van der Waals surface area contributed by atoms with Crippen LogP contribution >= 0.6 is 23.2 Å². The third kappa shape index (κ3) is 7.48. The van der Waals surface area contributed by atoms with Crippen molar-refractivity contribution in [3.63, 3.8) is 0 Å². The molecule has 0 aromatic heterocycles. The first kappa shape index (κ1) is 26.6. The quantitative estimate of drug-likeness (QED) is 0.448. The number of nitrogens with zero attached hydrogens (tertiary/aromatic N) is 2.